The van der Waals surface area contributed by atoms with Crippen LogP contribution < -0.4 is 0 Å². The molecule has 0 unspecified atom stereocenters. The first-order valence-electron chi connectivity index (χ1n) is 4.80. The number of para-hydroxylation sites is 1. The van der Waals surface area contributed by atoms with Crippen molar-refractivity contribution in [1.29, 1.82) is 0 Å². The number of alkyl halides is 3. The number of hydrogen-bond acceptors (Lipinski definition) is 2. The van der Waals surface area contributed by atoms with E-state index in [1.165, 1.54) is 12.1 Å². The van der Waals surface area contributed by atoms with Gasteiger partial charge in [0.05, 0.1) is 11.4 Å². The van der Waals surface area contributed by atoms with E-state index >= 15 is 0 Å². The molecule has 1 aromatic carbocycles. The molecule has 0 spiro atoms. The van der Waals surface area contributed by atoms with E-state index < -0.39 is 11.9 Å². The quantitative estimate of drug-likeness (QED) is 0.455. The van der Waals surface area contributed by atoms with Crippen LogP contribution in [0, 0.1) is 0 Å². The van der Waals surface area contributed by atoms with Gasteiger partial charge in [0.2, 0.25) is 0 Å². The molecule has 0 N–H and O–H groups in total. The van der Waals surface area contributed by atoms with Crippen molar-refractivity contribution in [3.05, 3.63) is 52.7 Å². The largest absolute Gasteiger partial charge is 0.435 e. The lowest BCUT2D eigenvalue weighted by atomic mass is 10.3. The summed E-state index contributed by atoms with van der Waals surface area (Å²) in [4.78, 5) is 2.61. The maximum atomic E-state index is 12.4. The van der Waals surface area contributed by atoms with Crippen LogP contribution in [0.2, 0.25) is 0 Å². The SMILES string of the molecule is [N-]=[N+]=Nc1ccccc1-n1ccc(C(F)(F)F)n1. The Morgan fingerprint density at radius 2 is 1.94 bits per heavy atom. The number of hydrogen-bond donors (Lipinski definition) is 0. The second-order valence-electron chi connectivity index (χ2n) is 3.32. The van der Waals surface area contributed by atoms with Gasteiger partial charge in [-0.3, -0.25) is 0 Å². The summed E-state index contributed by atoms with van der Waals surface area (Å²) in [6.07, 6.45) is -3.34. The van der Waals surface area contributed by atoms with Crippen molar-refractivity contribution in [3.8, 4) is 5.69 Å². The maximum absolute atomic E-state index is 12.4. The minimum absolute atomic E-state index is 0.205. The molecule has 0 amide bonds. The third-order valence-electron chi connectivity index (χ3n) is 2.16. The fraction of sp³-hybridized carbons (Fsp3) is 0.100. The van der Waals surface area contributed by atoms with Gasteiger partial charge in [-0.1, -0.05) is 23.3 Å². The van der Waals surface area contributed by atoms with Gasteiger partial charge in [-0.05, 0) is 17.7 Å². The lowest BCUT2D eigenvalue weighted by Gasteiger charge is -2.05. The average Bonchev–Trinajstić information content (AvgIpc) is 2.79. The summed E-state index contributed by atoms with van der Waals surface area (Å²) < 4.78 is 38.2. The van der Waals surface area contributed by atoms with Gasteiger partial charge < -0.3 is 0 Å². The molecule has 0 radical (unpaired) electrons. The van der Waals surface area contributed by atoms with Crippen molar-refractivity contribution in [3.63, 3.8) is 0 Å². The van der Waals surface area contributed by atoms with Crippen molar-refractivity contribution in [1.82, 2.24) is 9.78 Å². The fourth-order valence-corrected chi connectivity index (χ4v) is 1.40. The first-order chi connectivity index (χ1) is 8.52. The highest BCUT2D eigenvalue weighted by atomic mass is 19.4. The fourth-order valence-electron chi connectivity index (χ4n) is 1.40. The first-order valence-corrected chi connectivity index (χ1v) is 4.80. The topological polar surface area (TPSA) is 66.6 Å². The molecule has 18 heavy (non-hydrogen) atoms. The second kappa shape index (κ2) is 4.42. The summed E-state index contributed by atoms with van der Waals surface area (Å²) in [6.45, 7) is 0. The van der Waals surface area contributed by atoms with E-state index in [2.05, 4.69) is 15.1 Å². The third kappa shape index (κ3) is 2.28. The van der Waals surface area contributed by atoms with Crippen LogP contribution in [0.15, 0.2) is 41.6 Å². The number of azide groups is 1. The molecule has 5 nitrogen and oxygen atoms in total. The van der Waals surface area contributed by atoms with Gasteiger partial charge in [0.1, 0.15) is 0 Å². The smallest absolute Gasteiger partial charge is 0.240 e. The Hall–Kier alpha value is -2.47. The summed E-state index contributed by atoms with van der Waals surface area (Å²) in [5, 5.41) is 6.80. The van der Waals surface area contributed by atoms with E-state index in [0.29, 0.717) is 0 Å². The molecule has 1 aromatic heterocycles. The number of halogens is 3. The van der Waals surface area contributed by atoms with Gasteiger partial charge in [0.15, 0.2) is 5.69 Å². The van der Waals surface area contributed by atoms with Gasteiger partial charge >= 0.3 is 6.18 Å². The Kier molecular flexibility index (Phi) is 2.95. The zero-order chi connectivity index (χ0) is 13.2. The predicted octanol–water partition coefficient (Wildman–Crippen LogP) is 3.83. The van der Waals surface area contributed by atoms with Gasteiger partial charge in [-0.25, -0.2) is 4.68 Å². The summed E-state index contributed by atoms with van der Waals surface area (Å²) in [5.74, 6) is 0. The summed E-state index contributed by atoms with van der Waals surface area (Å²) in [7, 11) is 0. The molecule has 0 bridgehead atoms. The van der Waals surface area contributed by atoms with Crippen LogP contribution in [0.25, 0.3) is 16.1 Å². The molecule has 2 aromatic rings. The van der Waals surface area contributed by atoms with E-state index in [1.807, 2.05) is 0 Å². The highest BCUT2D eigenvalue weighted by Crippen LogP contribution is 2.29. The molecule has 0 fully saturated rings. The van der Waals surface area contributed by atoms with E-state index in [-0.39, 0.29) is 11.4 Å². The van der Waals surface area contributed by atoms with Crippen molar-refractivity contribution in [2.45, 2.75) is 6.18 Å². The van der Waals surface area contributed by atoms with E-state index in [4.69, 9.17) is 5.53 Å². The number of benzene rings is 1. The van der Waals surface area contributed by atoms with Crippen molar-refractivity contribution < 1.29 is 13.2 Å². The van der Waals surface area contributed by atoms with Crippen LogP contribution >= 0.6 is 0 Å². The molecule has 0 aliphatic heterocycles. The molecule has 0 saturated carbocycles. The highest BCUT2D eigenvalue weighted by molar-refractivity contribution is 5.56. The van der Waals surface area contributed by atoms with Crippen LogP contribution in [-0.2, 0) is 6.18 Å². The molecule has 0 saturated heterocycles. The minimum atomic E-state index is -4.50. The van der Waals surface area contributed by atoms with Gasteiger partial charge in [0.25, 0.3) is 0 Å². The summed E-state index contributed by atoms with van der Waals surface area (Å²) in [5.41, 5.74) is 7.86. The molecule has 92 valence electrons. The number of aromatic nitrogens is 2. The Balaban J connectivity index is 2.50. The number of nitrogens with zero attached hydrogens (tertiary/aromatic N) is 5. The van der Waals surface area contributed by atoms with Crippen LogP contribution in [0.3, 0.4) is 0 Å². The summed E-state index contributed by atoms with van der Waals surface area (Å²) in [6, 6.07) is 7.08. The van der Waals surface area contributed by atoms with Crippen LogP contribution in [0.1, 0.15) is 5.69 Å². The van der Waals surface area contributed by atoms with Crippen LogP contribution in [0.5, 0.6) is 0 Å². The molecule has 0 aliphatic rings. The molecule has 0 atom stereocenters. The number of rotatable bonds is 2. The maximum Gasteiger partial charge on any atom is 0.435 e. The third-order valence-corrected chi connectivity index (χ3v) is 2.16. The Labute approximate surface area is 99.1 Å². The van der Waals surface area contributed by atoms with Gasteiger partial charge in [-0.15, -0.1) is 0 Å². The van der Waals surface area contributed by atoms with E-state index in [9.17, 15) is 13.2 Å². The Morgan fingerprint density at radius 3 is 2.56 bits per heavy atom. The monoisotopic (exact) mass is 253 g/mol. The molecule has 0 aliphatic carbocycles. The van der Waals surface area contributed by atoms with E-state index in [0.717, 1.165) is 16.9 Å². The average molecular weight is 253 g/mol. The highest BCUT2D eigenvalue weighted by Gasteiger charge is 2.33. The Bertz CT molecular complexity index is 610. The van der Waals surface area contributed by atoms with Gasteiger partial charge in [0, 0.05) is 11.1 Å². The molecule has 1 heterocycles. The second-order valence-corrected chi connectivity index (χ2v) is 3.32. The van der Waals surface area contributed by atoms with Crippen LogP contribution in [0.4, 0.5) is 18.9 Å². The summed E-state index contributed by atoms with van der Waals surface area (Å²) >= 11 is 0. The zero-order valence-corrected chi connectivity index (χ0v) is 8.83. The zero-order valence-electron chi connectivity index (χ0n) is 8.83. The predicted molar refractivity (Wildman–Crippen MR) is 57.4 cm³/mol. The first kappa shape index (κ1) is 12.0. The standard InChI is InChI=1S/C10H6F3N5/c11-10(12,13)9-5-6-18(16-9)8-4-2-1-3-7(8)15-17-14/h1-6H. The molecular weight excluding hydrogens is 247 g/mol. The lowest BCUT2D eigenvalue weighted by molar-refractivity contribution is -0.141. The van der Waals surface area contributed by atoms with Crippen LogP contribution in [-0.4, -0.2) is 9.78 Å². The van der Waals surface area contributed by atoms with Crippen molar-refractivity contribution in [2.24, 2.45) is 5.11 Å². The van der Waals surface area contributed by atoms with Gasteiger partial charge in [-0.2, -0.15) is 18.3 Å². The normalized spacial score (nSPS) is 11.1. The van der Waals surface area contributed by atoms with E-state index in [1.54, 1.807) is 12.1 Å². The van der Waals surface area contributed by atoms with Crippen molar-refractivity contribution in [2.75, 3.05) is 0 Å². The molecule has 2 rings (SSSR count). The minimum Gasteiger partial charge on any atom is -0.240 e. The van der Waals surface area contributed by atoms with Crippen molar-refractivity contribution >= 4 is 5.69 Å². The molecule has 8 heteroatoms. The lowest BCUT2D eigenvalue weighted by Crippen LogP contribution is -2.07. The Morgan fingerprint density at radius 1 is 1.22 bits per heavy atom. The molecular formula is C10H6F3N5.